The summed E-state index contributed by atoms with van der Waals surface area (Å²) < 4.78 is 2.16. The van der Waals surface area contributed by atoms with Gasteiger partial charge in [-0.3, -0.25) is 4.98 Å². The lowest BCUT2D eigenvalue weighted by Gasteiger charge is -1.96. The minimum atomic E-state index is 1.22. The van der Waals surface area contributed by atoms with Crippen LogP contribution in [0.1, 0.15) is 33.4 Å². The number of fused-ring (bicyclic) bond motifs is 1. The first-order valence-corrected chi connectivity index (χ1v) is 5.65. The summed E-state index contributed by atoms with van der Waals surface area (Å²) in [4.78, 5) is 4.05. The lowest BCUT2D eigenvalue weighted by Crippen LogP contribution is -1.88. The summed E-state index contributed by atoms with van der Waals surface area (Å²) in [6, 6.07) is 4.17. The zero-order chi connectivity index (χ0) is 11.8. The van der Waals surface area contributed by atoms with Gasteiger partial charge in [-0.15, -0.1) is 0 Å². The highest BCUT2D eigenvalue weighted by Gasteiger charge is 1.99. The van der Waals surface area contributed by atoms with Crippen molar-refractivity contribution in [2.45, 2.75) is 34.6 Å². The lowest BCUT2D eigenvalue weighted by atomic mass is 10.3. The van der Waals surface area contributed by atoms with E-state index in [-0.39, 0.29) is 0 Å². The first-order valence-electron chi connectivity index (χ1n) is 5.65. The Balaban J connectivity index is 0.000000442. The van der Waals surface area contributed by atoms with Gasteiger partial charge in [0.1, 0.15) is 0 Å². The fourth-order valence-corrected chi connectivity index (χ4v) is 1.33. The molecule has 2 aromatic rings. The van der Waals surface area contributed by atoms with Crippen molar-refractivity contribution in [2.75, 3.05) is 0 Å². The summed E-state index contributed by atoms with van der Waals surface area (Å²) in [7, 11) is 2.07. The van der Waals surface area contributed by atoms with E-state index in [1.165, 1.54) is 16.6 Å². The van der Waals surface area contributed by atoms with Crippen molar-refractivity contribution in [3.8, 4) is 0 Å². The highest BCUT2D eigenvalue weighted by molar-refractivity contribution is 5.79. The normalized spacial score (nSPS) is 8.67. The average molecular weight is 206 g/mol. The summed E-state index contributed by atoms with van der Waals surface area (Å²) in [5.74, 6) is 0. The predicted molar refractivity (Wildman–Crippen MR) is 68.1 cm³/mol. The van der Waals surface area contributed by atoms with Crippen LogP contribution in [0.4, 0.5) is 0 Å². The molecule has 0 fully saturated rings. The van der Waals surface area contributed by atoms with Crippen LogP contribution in [0.15, 0.2) is 24.5 Å². The molecule has 2 rings (SSSR count). The molecule has 0 radical (unpaired) electrons. The molecular formula is C13H22N2. The molecule has 2 heteroatoms. The van der Waals surface area contributed by atoms with Gasteiger partial charge in [0.15, 0.2) is 0 Å². The molecule has 0 aromatic carbocycles. The molecule has 84 valence electrons. The topological polar surface area (TPSA) is 17.8 Å². The summed E-state index contributed by atoms with van der Waals surface area (Å²) >= 11 is 0. The first kappa shape index (κ1) is 13.7. The van der Waals surface area contributed by atoms with E-state index in [0.717, 1.165) is 0 Å². The van der Waals surface area contributed by atoms with Crippen molar-refractivity contribution in [1.82, 2.24) is 9.55 Å². The second-order valence-corrected chi connectivity index (χ2v) is 2.78. The second-order valence-electron chi connectivity index (χ2n) is 2.78. The molecule has 0 saturated carbocycles. The maximum atomic E-state index is 4.05. The van der Waals surface area contributed by atoms with Crippen molar-refractivity contribution < 1.29 is 0 Å². The highest BCUT2D eigenvalue weighted by Crippen LogP contribution is 2.15. The Bertz CT molecular complexity index is 388. The van der Waals surface area contributed by atoms with E-state index in [1.54, 1.807) is 0 Å². The van der Waals surface area contributed by atoms with Gasteiger partial charge in [0, 0.05) is 30.5 Å². The number of aromatic nitrogens is 2. The lowest BCUT2D eigenvalue weighted by molar-refractivity contribution is 0.917. The molecule has 2 heterocycles. The van der Waals surface area contributed by atoms with Crippen molar-refractivity contribution >= 4 is 10.9 Å². The summed E-state index contributed by atoms with van der Waals surface area (Å²) in [6.45, 7) is 10.1. The van der Waals surface area contributed by atoms with Gasteiger partial charge in [-0.05, 0) is 19.1 Å². The van der Waals surface area contributed by atoms with Gasteiger partial charge < -0.3 is 4.57 Å². The molecule has 0 atom stereocenters. The third kappa shape index (κ3) is 3.08. The van der Waals surface area contributed by atoms with Gasteiger partial charge in [-0.1, -0.05) is 27.7 Å². The first-order chi connectivity index (χ1) is 7.29. The van der Waals surface area contributed by atoms with Crippen molar-refractivity contribution in [3.63, 3.8) is 0 Å². The monoisotopic (exact) mass is 206 g/mol. The number of hydrogen-bond acceptors (Lipinski definition) is 1. The quantitative estimate of drug-likeness (QED) is 0.638. The average Bonchev–Trinajstić information content (AvgIpc) is 2.61. The summed E-state index contributed by atoms with van der Waals surface area (Å²) in [6.07, 6.45) is 3.71. The van der Waals surface area contributed by atoms with Crippen LogP contribution >= 0.6 is 0 Å². The van der Waals surface area contributed by atoms with Crippen LogP contribution in [0, 0.1) is 6.92 Å². The molecular weight excluding hydrogens is 184 g/mol. The molecule has 0 amide bonds. The molecule has 0 aliphatic rings. The zero-order valence-corrected chi connectivity index (χ0v) is 10.7. The molecule has 2 aromatic heterocycles. The minimum absolute atomic E-state index is 1.22. The van der Waals surface area contributed by atoms with Crippen LogP contribution in [0.25, 0.3) is 10.9 Å². The van der Waals surface area contributed by atoms with Crippen LogP contribution in [0.2, 0.25) is 0 Å². The largest absolute Gasteiger partial charge is 0.348 e. The molecule has 0 aliphatic heterocycles. The van der Waals surface area contributed by atoms with E-state index < -0.39 is 0 Å². The molecule has 0 N–H and O–H groups in total. The number of aryl methyl sites for hydroxylation is 2. The van der Waals surface area contributed by atoms with Gasteiger partial charge in [-0.2, -0.15) is 0 Å². The zero-order valence-electron chi connectivity index (χ0n) is 10.7. The third-order valence-corrected chi connectivity index (χ3v) is 2.08. The standard InChI is InChI=1S/C9H10N2.2C2H6/c1-7-5-8-6-10-4-3-9(8)11(7)2;2*1-2/h3-6H,1-2H3;2*1-2H3. The second kappa shape index (κ2) is 7.04. The fourth-order valence-electron chi connectivity index (χ4n) is 1.33. The van der Waals surface area contributed by atoms with Crippen LogP contribution in [-0.4, -0.2) is 9.55 Å². The van der Waals surface area contributed by atoms with Crippen molar-refractivity contribution in [2.24, 2.45) is 7.05 Å². The van der Waals surface area contributed by atoms with E-state index >= 15 is 0 Å². The van der Waals surface area contributed by atoms with E-state index in [2.05, 4.69) is 29.6 Å². The van der Waals surface area contributed by atoms with E-state index in [9.17, 15) is 0 Å². The number of nitrogens with zero attached hydrogens (tertiary/aromatic N) is 2. The summed E-state index contributed by atoms with van der Waals surface area (Å²) in [5, 5.41) is 1.22. The Morgan fingerprint density at radius 3 is 2.27 bits per heavy atom. The van der Waals surface area contributed by atoms with Crippen molar-refractivity contribution in [3.05, 3.63) is 30.2 Å². The molecule has 0 bridgehead atoms. The Labute approximate surface area is 93.0 Å². The Morgan fingerprint density at radius 2 is 1.73 bits per heavy atom. The molecule has 2 nitrogen and oxygen atoms in total. The van der Waals surface area contributed by atoms with E-state index in [4.69, 9.17) is 0 Å². The van der Waals surface area contributed by atoms with Gasteiger partial charge in [0.2, 0.25) is 0 Å². The van der Waals surface area contributed by atoms with Crippen LogP contribution in [-0.2, 0) is 7.05 Å². The van der Waals surface area contributed by atoms with Crippen LogP contribution in [0.5, 0.6) is 0 Å². The fraction of sp³-hybridized carbons (Fsp3) is 0.462. The highest BCUT2D eigenvalue weighted by atomic mass is 14.9. The number of rotatable bonds is 0. The smallest absolute Gasteiger partial charge is 0.0510 e. The van der Waals surface area contributed by atoms with E-state index in [1.807, 2.05) is 46.2 Å². The molecule has 0 saturated heterocycles. The Morgan fingerprint density at radius 1 is 1.13 bits per heavy atom. The molecule has 0 unspecified atom stereocenters. The number of pyridine rings is 1. The van der Waals surface area contributed by atoms with E-state index in [0.29, 0.717) is 0 Å². The number of hydrogen-bond donors (Lipinski definition) is 0. The molecule has 15 heavy (non-hydrogen) atoms. The Hall–Kier alpha value is -1.31. The Kier molecular flexibility index (Phi) is 6.43. The van der Waals surface area contributed by atoms with Gasteiger partial charge in [0.25, 0.3) is 0 Å². The maximum absolute atomic E-state index is 4.05. The van der Waals surface area contributed by atoms with Crippen LogP contribution in [0.3, 0.4) is 0 Å². The predicted octanol–water partition coefficient (Wildman–Crippen LogP) is 3.93. The van der Waals surface area contributed by atoms with Gasteiger partial charge >= 0.3 is 0 Å². The minimum Gasteiger partial charge on any atom is -0.348 e. The summed E-state index contributed by atoms with van der Waals surface area (Å²) in [5.41, 5.74) is 2.52. The molecule has 0 spiro atoms. The third-order valence-electron chi connectivity index (χ3n) is 2.08. The molecule has 0 aliphatic carbocycles. The van der Waals surface area contributed by atoms with Gasteiger partial charge in [0.05, 0.1) is 5.52 Å². The SMILES string of the molecule is CC.CC.Cc1cc2cnccc2n1C. The van der Waals surface area contributed by atoms with Crippen molar-refractivity contribution in [1.29, 1.82) is 0 Å². The van der Waals surface area contributed by atoms with Crippen LogP contribution < -0.4 is 0 Å². The van der Waals surface area contributed by atoms with Gasteiger partial charge in [-0.25, -0.2) is 0 Å². The maximum Gasteiger partial charge on any atom is 0.0510 e.